The van der Waals surface area contributed by atoms with E-state index in [2.05, 4.69) is 5.10 Å². The van der Waals surface area contributed by atoms with Gasteiger partial charge in [0.25, 0.3) is 0 Å². The van der Waals surface area contributed by atoms with E-state index in [-0.39, 0.29) is 23.0 Å². The van der Waals surface area contributed by atoms with E-state index >= 15 is 0 Å². The van der Waals surface area contributed by atoms with E-state index in [1.54, 1.807) is 36.7 Å². The number of nitrogens with zero attached hydrogens (tertiary/aromatic N) is 3. The number of aromatic nitrogens is 2. The van der Waals surface area contributed by atoms with Gasteiger partial charge in [0, 0.05) is 12.1 Å². The van der Waals surface area contributed by atoms with Gasteiger partial charge in [0.15, 0.2) is 0 Å². The highest BCUT2D eigenvalue weighted by molar-refractivity contribution is 7.89. The molecule has 0 N–H and O–H groups in total. The fourth-order valence-corrected chi connectivity index (χ4v) is 4.61. The maximum atomic E-state index is 13.2. The number of hydrogen-bond donors (Lipinski definition) is 0. The molecule has 0 radical (unpaired) electrons. The van der Waals surface area contributed by atoms with Crippen molar-refractivity contribution >= 4 is 21.6 Å². The second-order valence-corrected chi connectivity index (χ2v) is 8.62. The molecule has 0 fully saturated rings. The Bertz CT molecular complexity index is 1060. The van der Waals surface area contributed by atoms with Crippen LogP contribution in [0.1, 0.15) is 22.7 Å². The van der Waals surface area contributed by atoms with Crippen LogP contribution in [0.2, 0.25) is 5.02 Å². The van der Waals surface area contributed by atoms with E-state index < -0.39 is 15.8 Å². The summed E-state index contributed by atoms with van der Waals surface area (Å²) in [6.45, 7) is 3.68. The molecule has 0 aliphatic carbocycles. The minimum Gasteiger partial charge on any atom is -0.468 e. The third-order valence-electron chi connectivity index (χ3n) is 4.28. The van der Waals surface area contributed by atoms with Gasteiger partial charge in [-0.05, 0) is 43.7 Å². The molecule has 0 atom stereocenters. The van der Waals surface area contributed by atoms with Gasteiger partial charge in [0.1, 0.15) is 16.5 Å². The van der Waals surface area contributed by atoms with E-state index in [1.807, 2.05) is 0 Å². The second kappa shape index (κ2) is 7.46. The Balaban J connectivity index is 1.92. The number of benzene rings is 1. The molecule has 3 aromatic rings. The fourth-order valence-electron chi connectivity index (χ4n) is 2.88. The highest BCUT2D eigenvalue weighted by Crippen LogP contribution is 2.26. The maximum Gasteiger partial charge on any atom is 0.246 e. The van der Waals surface area contributed by atoms with Crippen molar-refractivity contribution in [3.05, 3.63) is 70.1 Å². The maximum absolute atomic E-state index is 13.2. The summed E-state index contributed by atoms with van der Waals surface area (Å²) >= 11 is 6.08. The largest absolute Gasteiger partial charge is 0.468 e. The molecule has 0 unspecified atom stereocenters. The van der Waals surface area contributed by atoms with Crippen molar-refractivity contribution in [2.75, 3.05) is 7.05 Å². The van der Waals surface area contributed by atoms with Gasteiger partial charge >= 0.3 is 0 Å². The van der Waals surface area contributed by atoms with Crippen LogP contribution in [0.15, 0.2) is 45.9 Å². The first-order valence-corrected chi connectivity index (χ1v) is 9.98. The minimum absolute atomic E-state index is 0.114. The van der Waals surface area contributed by atoms with Gasteiger partial charge in [-0.2, -0.15) is 9.40 Å². The molecule has 0 bridgehead atoms. The van der Waals surface area contributed by atoms with Gasteiger partial charge in [-0.3, -0.25) is 4.68 Å². The summed E-state index contributed by atoms with van der Waals surface area (Å²) in [5.74, 6) is 0.113. The van der Waals surface area contributed by atoms with Crippen LogP contribution in [0.4, 0.5) is 4.39 Å². The smallest absolute Gasteiger partial charge is 0.246 e. The minimum atomic E-state index is -3.77. The fraction of sp³-hybridized carbons (Fsp3) is 0.278. The zero-order valence-electron chi connectivity index (χ0n) is 15.1. The van der Waals surface area contributed by atoms with Crippen molar-refractivity contribution in [3.8, 4) is 0 Å². The van der Waals surface area contributed by atoms with Crippen molar-refractivity contribution < 1.29 is 17.2 Å². The average Bonchev–Trinajstić information content (AvgIpc) is 3.18. The summed E-state index contributed by atoms with van der Waals surface area (Å²) in [5, 5.41) is 4.62. The Morgan fingerprint density at radius 2 is 2.04 bits per heavy atom. The van der Waals surface area contributed by atoms with Gasteiger partial charge < -0.3 is 4.42 Å². The van der Waals surface area contributed by atoms with E-state index in [0.29, 0.717) is 22.7 Å². The monoisotopic (exact) mass is 411 g/mol. The lowest BCUT2D eigenvalue weighted by Gasteiger charge is -2.16. The molecule has 6 nitrogen and oxygen atoms in total. The molecule has 0 aliphatic heterocycles. The number of sulfonamides is 1. The Hall–Kier alpha value is -2.16. The second-order valence-electron chi connectivity index (χ2n) is 6.23. The number of halogens is 2. The first kappa shape index (κ1) is 19.6. The van der Waals surface area contributed by atoms with Gasteiger partial charge in [-0.15, -0.1) is 0 Å². The van der Waals surface area contributed by atoms with Crippen LogP contribution in [-0.2, 0) is 23.1 Å². The SMILES string of the molecule is Cc1nn(Cc2ccc(F)cc2Cl)c(C)c1S(=O)(=O)N(C)Cc1ccco1. The highest BCUT2D eigenvalue weighted by atomic mass is 35.5. The Kier molecular flexibility index (Phi) is 5.41. The lowest BCUT2D eigenvalue weighted by atomic mass is 10.2. The normalized spacial score (nSPS) is 12.1. The quantitative estimate of drug-likeness (QED) is 0.619. The number of furan rings is 1. The predicted octanol–water partition coefficient (Wildman–Crippen LogP) is 3.75. The summed E-state index contributed by atoms with van der Waals surface area (Å²) in [7, 11) is -2.28. The third-order valence-corrected chi connectivity index (χ3v) is 6.69. The van der Waals surface area contributed by atoms with Crippen molar-refractivity contribution in [1.82, 2.24) is 14.1 Å². The van der Waals surface area contributed by atoms with Crippen LogP contribution in [0.5, 0.6) is 0 Å². The summed E-state index contributed by atoms with van der Waals surface area (Å²) in [5.41, 5.74) is 1.52. The van der Waals surface area contributed by atoms with Gasteiger partial charge in [0.05, 0.1) is 30.7 Å². The lowest BCUT2D eigenvalue weighted by Crippen LogP contribution is -2.27. The summed E-state index contributed by atoms with van der Waals surface area (Å²) in [6.07, 6.45) is 1.50. The zero-order valence-corrected chi connectivity index (χ0v) is 16.7. The van der Waals surface area contributed by atoms with Crippen LogP contribution >= 0.6 is 11.6 Å². The molecule has 1 aromatic carbocycles. The van der Waals surface area contributed by atoms with Crippen LogP contribution in [-0.4, -0.2) is 29.6 Å². The molecule has 0 saturated heterocycles. The van der Waals surface area contributed by atoms with Gasteiger partial charge in [-0.1, -0.05) is 17.7 Å². The molecule has 0 spiro atoms. The molecular weight excluding hydrogens is 393 g/mol. The molecule has 3 rings (SSSR count). The number of hydrogen-bond acceptors (Lipinski definition) is 4. The lowest BCUT2D eigenvalue weighted by molar-refractivity contribution is 0.406. The zero-order chi connectivity index (χ0) is 19.8. The predicted molar refractivity (Wildman–Crippen MR) is 99.6 cm³/mol. The van der Waals surface area contributed by atoms with Crippen molar-refractivity contribution in [2.24, 2.45) is 0 Å². The molecule has 0 aliphatic rings. The Morgan fingerprint density at radius 1 is 1.30 bits per heavy atom. The van der Waals surface area contributed by atoms with E-state index in [4.69, 9.17) is 16.0 Å². The average molecular weight is 412 g/mol. The Morgan fingerprint density at radius 3 is 2.67 bits per heavy atom. The molecule has 2 aromatic heterocycles. The molecular formula is C18H19ClFN3O3S. The number of rotatable bonds is 6. The topological polar surface area (TPSA) is 68.3 Å². The molecule has 0 saturated carbocycles. The van der Waals surface area contributed by atoms with Crippen molar-refractivity contribution in [3.63, 3.8) is 0 Å². The third kappa shape index (κ3) is 3.92. The first-order chi connectivity index (χ1) is 12.7. The van der Waals surface area contributed by atoms with E-state index in [9.17, 15) is 12.8 Å². The molecule has 144 valence electrons. The number of aryl methyl sites for hydroxylation is 1. The standard InChI is InChI=1S/C18H19ClFN3O3S/c1-12-18(27(24,25)22(3)11-16-5-4-8-26-16)13(2)23(21-12)10-14-6-7-15(20)9-17(14)19/h4-9H,10-11H2,1-3H3. The van der Waals surface area contributed by atoms with E-state index in [0.717, 1.165) is 0 Å². The molecule has 27 heavy (non-hydrogen) atoms. The van der Waals surface area contributed by atoms with Gasteiger partial charge in [0.2, 0.25) is 10.0 Å². The highest BCUT2D eigenvalue weighted by Gasteiger charge is 2.29. The van der Waals surface area contributed by atoms with Crippen molar-refractivity contribution in [1.29, 1.82) is 0 Å². The molecule has 2 heterocycles. The Labute approximate surface area is 162 Å². The summed E-state index contributed by atoms with van der Waals surface area (Å²) in [6, 6.07) is 7.51. The van der Waals surface area contributed by atoms with Crippen LogP contribution < -0.4 is 0 Å². The molecule has 0 amide bonds. The summed E-state index contributed by atoms with van der Waals surface area (Å²) in [4.78, 5) is 0.148. The molecule has 9 heteroatoms. The van der Waals surface area contributed by atoms with E-state index in [1.165, 1.54) is 29.7 Å². The van der Waals surface area contributed by atoms with Crippen molar-refractivity contribution in [2.45, 2.75) is 31.8 Å². The summed E-state index contributed by atoms with van der Waals surface area (Å²) < 4.78 is 47.3. The van der Waals surface area contributed by atoms with Crippen LogP contribution in [0.25, 0.3) is 0 Å². The van der Waals surface area contributed by atoms with Crippen LogP contribution in [0, 0.1) is 19.7 Å². The first-order valence-electron chi connectivity index (χ1n) is 8.17. The van der Waals surface area contributed by atoms with Gasteiger partial charge in [-0.25, -0.2) is 12.8 Å². The van der Waals surface area contributed by atoms with Crippen LogP contribution in [0.3, 0.4) is 0 Å².